The molecule has 4 heteroatoms. The molecular formula is C15H18N2O2. The number of H-pyrrole nitrogens is 1. The van der Waals surface area contributed by atoms with Crippen molar-refractivity contribution in [2.24, 2.45) is 0 Å². The Morgan fingerprint density at radius 1 is 1.32 bits per heavy atom. The Labute approximate surface area is 112 Å². The van der Waals surface area contributed by atoms with E-state index in [1.807, 2.05) is 42.7 Å². The molecule has 1 aromatic heterocycles. The van der Waals surface area contributed by atoms with Crippen molar-refractivity contribution >= 4 is 5.91 Å². The summed E-state index contributed by atoms with van der Waals surface area (Å²) in [7, 11) is 0. The summed E-state index contributed by atoms with van der Waals surface area (Å²) >= 11 is 0. The third-order valence-corrected chi connectivity index (χ3v) is 2.83. The van der Waals surface area contributed by atoms with E-state index in [1.54, 1.807) is 0 Å². The number of hydrogen-bond acceptors (Lipinski definition) is 2. The largest absolute Gasteiger partial charge is 0.484 e. The van der Waals surface area contributed by atoms with Crippen LogP contribution in [0.4, 0.5) is 0 Å². The summed E-state index contributed by atoms with van der Waals surface area (Å²) in [5, 5.41) is 2.80. The fraction of sp³-hybridized carbons (Fsp3) is 0.267. The second-order valence-corrected chi connectivity index (χ2v) is 4.29. The summed E-state index contributed by atoms with van der Waals surface area (Å²) in [4.78, 5) is 14.6. The van der Waals surface area contributed by atoms with Gasteiger partial charge in [0.15, 0.2) is 6.61 Å². The Kier molecular flexibility index (Phi) is 4.61. The SMILES string of the molecule is CCc1cccc(OCC(=O)NCc2cc[nH]c2)c1. The normalized spacial score (nSPS) is 10.2. The Bertz CT molecular complexity index is 521. The van der Waals surface area contributed by atoms with Crippen molar-refractivity contribution < 1.29 is 9.53 Å². The van der Waals surface area contributed by atoms with Crippen LogP contribution in [0.1, 0.15) is 18.1 Å². The monoisotopic (exact) mass is 258 g/mol. The number of carbonyl (C=O) groups excluding carboxylic acids is 1. The van der Waals surface area contributed by atoms with E-state index in [2.05, 4.69) is 17.2 Å². The molecule has 2 aromatic rings. The summed E-state index contributed by atoms with van der Waals surface area (Å²) < 4.78 is 5.46. The highest BCUT2D eigenvalue weighted by Crippen LogP contribution is 2.13. The molecule has 1 heterocycles. The zero-order chi connectivity index (χ0) is 13.5. The molecule has 0 atom stereocenters. The van der Waals surface area contributed by atoms with Crippen LogP contribution in [0.25, 0.3) is 0 Å². The van der Waals surface area contributed by atoms with Crippen molar-refractivity contribution in [3.05, 3.63) is 53.9 Å². The molecule has 1 aromatic carbocycles. The predicted octanol–water partition coefficient (Wildman–Crippen LogP) is 2.27. The fourth-order valence-corrected chi connectivity index (χ4v) is 1.72. The first-order valence-corrected chi connectivity index (χ1v) is 6.38. The third kappa shape index (κ3) is 4.17. The summed E-state index contributed by atoms with van der Waals surface area (Å²) in [6.45, 7) is 2.64. The molecule has 1 amide bonds. The zero-order valence-electron chi connectivity index (χ0n) is 11.0. The van der Waals surface area contributed by atoms with Gasteiger partial charge in [0, 0.05) is 18.9 Å². The van der Waals surface area contributed by atoms with E-state index in [0.717, 1.165) is 17.7 Å². The van der Waals surface area contributed by atoms with Crippen molar-refractivity contribution in [2.75, 3.05) is 6.61 Å². The maximum Gasteiger partial charge on any atom is 0.258 e. The molecule has 19 heavy (non-hydrogen) atoms. The van der Waals surface area contributed by atoms with Crippen molar-refractivity contribution in [1.29, 1.82) is 0 Å². The number of aromatic nitrogens is 1. The van der Waals surface area contributed by atoms with Gasteiger partial charge >= 0.3 is 0 Å². The van der Waals surface area contributed by atoms with E-state index in [-0.39, 0.29) is 12.5 Å². The number of benzene rings is 1. The van der Waals surface area contributed by atoms with Crippen LogP contribution in [0.3, 0.4) is 0 Å². The van der Waals surface area contributed by atoms with Crippen LogP contribution in [0, 0.1) is 0 Å². The van der Waals surface area contributed by atoms with Crippen LogP contribution < -0.4 is 10.1 Å². The van der Waals surface area contributed by atoms with Gasteiger partial charge in [-0.15, -0.1) is 0 Å². The molecular weight excluding hydrogens is 240 g/mol. The first-order chi connectivity index (χ1) is 9.28. The van der Waals surface area contributed by atoms with Crippen LogP contribution in [0.2, 0.25) is 0 Å². The maximum atomic E-state index is 11.6. The Balaban J connectivity index is 1.76. The summed E-state index contributed by atoms with van der Waals surface area (Å²) in [5.74, 6) is 0.610. The average molecular weight is 258 g/mol. The first-order valence-electron chi connectivity index (χ1n) is 6.38. The van der Waals surface area contributed by atoms with Gasteiger partial charge in [-0.05, 0) is 35.7 Å². The van der Waals surface area contributed by atoms with Crippen molar-refractivity contribution in [1.82, 2.24) is 10.3 Å². The van der Waals surface area contributed by atoms with Crippen molar-refractivity contribution in [2.45, 2.75) is 19.9 Å². The standard InChI is InChI=1S/C15H18N2O2/c1-2-12-4-3-5-14(8-12)19-11-15(18)17-10-13-6-7-16-9-13/h3-9,16H,2,10-11H2,1H3,(H,17,18). The highest BCUT2D eigenvalue weighted by atomic mass is 16.5. The minimum absolute atomic E-state index is 0.0393. The van der Waals surface area contributed by atoms with Gasteiger partial charge in [0.25, 0.3) is 5.91 Å². The van der Waals surface area contributed by atoms with E-state index >= 15 is 0 Å². The fourth-order valence-electron chi connectivity index (χ4n) is 1.72. The third-order valence-electron chi connectivity index (χ3n) is 2.83. The topological polar surface area (TPSA) is 54.1 Å². The summed E-state index contributed by atoms with van der Waals surface area (Å²) in [6.07, 6.45) is 4.64. The summed E-state index contributed by atoms with van der Waals surface area (Å²) in [5.41, 5.74) is 2.24. The van der Waals surface area contributed by atoms with Gasteiger partial charge < -0.3 is 15.0 Å². The van der Waals surface area contributed by atoms with Crippen LogP contribution >= 0.6 is 0 Å². The van der Waals surface area contributed by atoms with Gasteiger partial charge in [0.2, 0.25) is 0 Å². The van der Waals surface area contributed by atoms with Crippen LogP contribution in [0.5, 0.6) is 5.75 Å². The molecule has 0 saturated carbocycles. The van der Waals surface area contributed by atoms with Gasteiger partial charge in [-0.25, -0.2) is 0 Å². The van der Waals surface area contributed by atoms with Crippen LogP contribution in [0.15, 0.2) is 42.7 Å². The molecule has 0 unspecified atom stereocenters. The number of aromatic amines is 1. The van der Waals surface area contributed by atoms with E-state index < -0.39 is 0 Å². The lowest BCUT2D eigenvalue weighted by Gasteiger charge is -2.07. The lowest BCUT2D eigenvalue weighted by molar-refractivity contribution is -0.123. The van der Waals surface area contributed by atoms with Crippen LogP contribution in [-0.2, 0) is 17.8 Å². The van der Waals surface area contributed by atoms with Crippen LogP contribution in [-0.4, -0.2) is 17.5 Å². The van der Waals surface area contributed by atoms with E-state index in [4.69, 9.17) is 4.74 Å². The predicted molar refractivity (Wildman–Crippen MR) is 74.0 cm³/mol. The van der Waals surface area contributed by atoms with Gasteiger partial charge in [0.1, 0.15) is 5.75 Å². The summed E-state index contributed by atoms with van der Waals surface area (Å²) in [6, 6.07) is 9.72. The second kappa shape index (κ2) is 6.64. The Morgan fingerprint density at radius 2 is 2.21 bits per heavy atom. The number of nitrogens with one attached hydrogen (secondary N) is 2. The highest BCUT2D eigenvalue weighted by molar-refractivity contribution is 5.77. The Morgan fingerprint density at radius 3 is 2.95 bits per heavy atom. The quantitative estimate of drug-likeness (QED) is 0.835. The molecule has 0 aliphatic carbocycles. The molecule has 2 rings (SSSR count). The molecule has 0 saturated heterocycles. The van der Waals surface area contributed by atoms with Gasteiger partial charge in [-0.2, -0.15) is 0 Å². The van der Waals surface area contributed by atoms with E-state index in [1.165, 1.54) is 5.56 Å². The molecule has 0 aliphatic heterocycles. The van der Waals surface area contributed by atoms with Crippen molar-refractivity contribution in [3.63, 3.8) is 0 Å². The van der Waals surface area contributed by atoms with Gasteiger partial charge in [0.05, 0.1) is 0 Å². The first kappa shape index (κ1) is 13.2. The average Bonchev–Trinajstić information content (AvgIpc) is 2.96. The molecule has 4 nitrogen and oxygen atoms in total. The second-order valence-electron chi connectivity index (χ2n) is 4.29. The molecule has 2 N–H and O–H groups in total. The molecule has 0 bridgehead atoms. The number of ether oxygens (including phenoxy) is 1. The van der Waals surface area contributed by atoms with Gasteiger partial charge in [-0.1, -0.05) is 19.1 Å². The Hall–Kier alpha value is -2.23. The zero-order valence-corrected chi connectivity index (χ0v) is 11.0. The maximum absolute atomic E-state index is 11.6. The van der Waals surface area contributed by atoms with E-state index in [9.17, 15) is 4.79 Å². The van der Waals surface area contributed by atoms with Crippen molar-refractivity contribution in [3.8, 4) is 5.75 Å². The lowest BCUT2D eigenvalue weighted by atomic mass is 10.2. The molecule has 0 aliphatic rings. The van der Waals surface area contributed by atoms with E-state index in [0.29, 0.717) is 6.54 Å². The lowest BCUT2D eigenvalue weighted by Crippen LogP contribution is -2.28. The minimum atomic E-state index is -0.122. The number of aryl methyl sites for hydroxylation is 1. The highest BCUT2D eigenvalue weighted by Gasteiger charge is 2.03. The molecule has 0 fully saturated rings. The molecule has 0 spiro atoms. The van der Waals surface area contributed by atoms with Gasteiger partial charge in [-0.3, -0.25) is 4.79 Å². The number of rotatable bonds is 6. The molecule has 100 valence electrons. The minimum Gasteiger partial charge on any atom is -0.484 e. The number of amides is 1. The smallest absolute Gasteiger partial charge is 0.258 e. The number of carbonyl (C=O) groups is 1. The number of hydrogen-bond donors (Lipinski definition) is 2. The molecule has 0 radical (unpaired) electrons.